The van der Waals surface area contributed by atoms with Crippen molar-refractivity contribution in [3.63, 3.8) is 0 Å². The largest absolute Gasteiger partial charge is 0.506 e. The number of phenols is 1. The molecule has 0 amide bonds. The number of methoxy groups -OCH3 is 2. The summed E-state index contributed by atoms with van der Waals surface area (Å²) in [6.45, 7) is 0. The lowest BCUT2D eigenvalue weighted by Crippen LogP contribution is -2.15. The van der Waals surface area contributed by atoms with Crippen molar-refractivity contribution in [1.82, 2.24) is 9.78 Å². The molecule has 0 bridgehead atoms. The molecule has 1 heterocycles. The van der Waals surface area contributed by atoms with Crippen LogP contribution in [0.5, 0.6) is 5.75 Å². The van der Waals surface area contributed by atoms with Crippen LogP contribution in [0.15, 0.2) is 42.5 Å². The van der Waals surface area contributed by atoms with Gasteiger partial charge in [0.25, 0.3) is 0 Å². The minimum Gasteiger partial charge on any atom is -0.506 e. The summed E-state index contributed by atoms with van der Waals surface area (Å²) in [6, 6.07) is 10.3. The zero-order chi connectivity index (χ0) is 20.4. The number of phenolic OH excluding ortho intramolecular Hbond substituents is 1. The molecule has 3 rings (SSSR count). The molecule has 0 unspecified atom stereocenters. The molecular weight excluding hydrogens is 391 g/mol. The average Bonchev–Trinajstić information content (AvgIpc) is 3.10. The molecule has 144 valence electrons. The number of ether oxygens (including phenoxy) is 2. The van der Waals surface area contributed by atoms with E-state index in [9.17, 15) is 19.1 Å². The third-order valence-corrected chi connectivity index (χ3v) is 4.25. The fourth-order valence-corrected chi connectivity index (χ4v) is 2.82. The van der Waals surface area contributed by atoms with Gasteiger partial charge in [-0.1, -0.05) is 29.8 Å². The van der Waals surface area contributed by atoms with Gasteiger partial charge in [0.05, 0.1) is 24.9 Å². The van der Waals surface area contributed by atoms with E-state index in [2.05, 4.69) is 5.10 Å². The Balaban J connectivity index is 2.40. The van der Waals surface area contributed by atoms with Gasteiger partial charge >= 0.3 is 11.9 Å². The van der Waals surface area contributed by atoms with Crippen LogP contribution in [0, 0.1) is 5.82 Å². The Bertz CT molecular complexity index is 1070. The van der Waals surface area contributed by atoms with Gasteiger partial charge in [0, 0.05) is 11.6 Å². The van der Waals surface area contributed by atoms with Crippen LogP contribution < -0.4 is 0 Å². The molecule has 28 heavy (non-hydrogen) atoms. The molecular formula is C19H14ClFN2O5. The number of hydrogen-bond donors (Lipinski definition) is 1. The standard InChI is InChI=1S/C19H14ClFN2O5/c1-27-18(25)15-16(11-8-12(20)14(24)9-13(11)21)22-23(17(15)19(26)28-2)10-6-4-3-5-7-10/h3-9,24H,1-2H3. The molecule has 1 aromatic heterocycles. The molecule has 0 spiro atoms. The maximum absolute atomic E-state index is 14.6. The van der Waals surface area contributed by atoms with E-state index < -0.39 is 23.5 Å². The average molecular weight is 405 g/mol. The van der Waals surface area contributed by atoms with E-state index in [4.69, 9.17) is 21.1 Å². The molecule has 0 aliphatic heterocycles. The van der Waals surface area contributed by atoms with Gasteiger partial charge in [0.2, 0.25) is 0 Å². The van der Waals surface area contributed by atoms with Crippen molar-refractivity contribution in [3.05, 3.63) is 64.6 Å². The summed E-state index contributed by atoms with van der Waals surface area (Å²) >= 11 is 5.90. The number of hydrogen-bond acceptors (Lipinski definition) is 6. The van der Waals surface area contributed by atoms with Gasteiger partial charge in [-0.15, -0.1) is 0 Å². The first-order valence-electron chi connectivity index (χ1n) is 7.92. The van der Waals surface area contributed by atoms with Crippen LogP contribution >= 0.6 is 11.6 Å². The number of nitrogens with zero attached hydrogens (tertiary/aromatic N) is 2. The van der Waals surface area contributed by atoms with Crippen molar-refractivity contribution in [1.29, 1.82) is 0 Å². The SMILES string of the molecule is COC(=O)c1c(-c2cc(Cl)c(O)cc2F)nn(-c2ccccc2)c1C(=O)OC. The van der Waals surface area contributed by atoms with Crippen LogP contribution in [0.25, 0.3) is 16.9 Å². The molecule has 0 aliphatic rings. The van der Waals surface area contributed by atoms with E-state index in [-0.39, 0.29) is 27.5 Å². The monoisotopic (exact) mass is 404 g/mol. The maximum Gasteiger partial charge on any atom is 0.357 e. The molecule has 0 aliphatic carbocycles. The second-order valence-corrected chi connectivity index (χ2v) is 5.99. The van der Waals surface area contributed by atoms with Crippen LogP contribution in [-0.2, 0) is 9.47 Å². The van der Waals surface area contributed by atoms with Gasteiger partial charge in [-0.25, -0.2) is 18.7 Å². The molecule has 0 fully saturated rings. The summed E-state index contributed by atoms with van der Waals surface area (Å²) in [5, 5.41) is 13.7. The van der Waals surface area contributed by atoms with Crippen molar-refractivity contribution in [2.45, 2.75) is 0 Å². The Morgan fingerprint density at radius 1 is 1.11 bits per heavy atom. The molecule has 9 heteroatoms. The third kappa shape index (κ3) is 3.29. The van der Waals surface area contributed by atoms with E-state index in [1.54, 1.807) is 30.3 Å². The Hall–Kier alpha value is -3.39. The highest BCUT2D eigenvalue weighted by atomic mass is 35.5. The number of rotatable bonds is 4. The van der Waals surface area contributed by atoms with Crippen LogP contribution in [0.2, 0.25) is 5.02 Å². The lowest BCUT2D eigenvalue weighted by molar-refractivity contribution is 0.0549. The second kappa shape index (κ2) is 7.69. The minimum absolute atomic E-state index is 0.152. The molecule has 1 N–H and O–H groups in total. The fourth-order valence-electron chi connectivity index (χ4n) is 2.66. The quantitative estimate of drug-likeness (QED) is 0.668. The first kappa shape index (κ1) is 19.4. The number of aromatic nitrogens is 2. The summed E-state index contributed by atoms with van der Waals surface area (Å²) in [4.78, 5) is 24.9. The van der Waals surface area contributed by atoms with Crippen molar-refractivity contribution >= 4 is 23.5 Å². The van der Waals surface area contributed by atoms with Crippen LogP contribution in [0.4, 0.5) is 4.39 Å². The van der Waals surface area contributed by atoms with Gasteiger partial charge in [0.15, 0.2) is 5.69 Å². The summed E-state index contributed by atoms with van der Waals surface area (Å²) in [6.07, 6.45) is 0. The first-order valence-corrected chi connectivity index (χ1v) is 8.30. The van der Waals surface area contributed by atoms with Crippen LogP contribution in [0.3, 0.4) is 0 Å². The van der Waals surface area contributed by atoms with Crippen molar-refractivity contribution < 1.29 is 28.6 Å². The summed E-state index contributed by atoms with van der Waals surface area (Å²) in [5.41, 5.74) is -0.471. The van der Waals surface area contributed by atoms with Gasteiger partial charge in [0.1, 0.15) is 22.8 Å². The molecule has 2 aromatic carbocycles. The molecule has 0 atom stereocenters. The smallest absolute Gasteiger partial charge is 0.357 e. The zero-order valence-corrected chi connectivity index (χ0v) is 15.5. The topological polar surface area (TPSA) is 90.6 Å². The Labute approximate surface area is 163 Å². The molecule has 7 nitrogen and oxygen atoms in total. The normalized spacial score (nSPS) is 10.6. The Kier molecular flexibility index (Phi) is 5.32. The van der Waals surface area contributed by atoms with E-state index in [1.165, 1.54) is 0 Å². The van der Waals surface area contributed by atoms with Gasteiger partial charge in [-0.05, 0) is 18.2 Å². The Morgan fingerprint density at radius 3 is 2.36 bits per heavy atom. The lowest BCUT2D eigenvalue weighted by atomic mass is 10.0. The fraction of sp³-hybridized carbons (Fsp3) is 0.105. The van der Waals surface area contributed by atoms with Gasteiger partial charge in [-0.3, -0.25) is 0 Å². The van der Waals surface area contributed by atoms with Gasteiger partial charge < -0.3 is 14.6 Å². The first-order chi connectivity index (χ1) is 13.4. The zero-order valence-electron chi connectivity index (χ0n) is 14.8. The van der Waals surface area contributed by atoms with Crippen molar-refractivity contribution in [2.75, 3.05) is 14.2 Å². The highest BCUT2D eigenvalue weighted by Gasteiger charge is 2.32. The van der Waals surface area contributed by atoms with Crippen molar-refractivity contribution in [2.24, 2.45) is 0 Å². The molecule has 0 saturated carbocycles. The molecule has 0 saturated heterocycles. The van der Waals surface area contributed by atoms with Crippen LogP contribution in [-0.4, -0.2) is 41.0 Å². The number of carbonyl (C=O) groups is 2. The van der Waals surface area contributed by atoms with E-state index in [1.807, 2.05) is 0 Å². The highest BCUT2D eigenvalue weighted by molar-refractivity contribution is 6.32. The van der Waals surface area contributed by atoms with E-state index >= 15 is 0 Å². The summed E-state index contributed by atoms with van der Waals surface area (Å²) in [5.74, 6) is -3.14. The second-order valence-electron chi connectivity index (χ2n) is 5.59. The van der Waals surface area contributed by atoms with E-state index in [0.29, 0.717) is 5.69 Å². The maximum atomic E-state index is 14.6. The number of benzene rings is 2. The predicted molar refractivity (Wildman–Crippen MR) is 98.3 cm³/mol. The number of halogens is 2. The summed E-state index contributed by atoms with van der Waals surface area (Å²) < 4.78 is 25.3. The lowest BCUT2D eigenvalue weighted by Gasteiger charge is -2.07. The Morgan fingerprint density at radius 2 is 1.75 bits per heavy atom. The molecule has 0 radical (unpaired) electrons. The number of esters is 2. The summed E-state index contributed by atoms with van der Waals surface area (Å²) in [7, 11) is 2.26. The molecule has 3 aromatic rings. The predicted octanol–water partition coefficient (Wildman–Crippen LogP) is 3.61. The van der Waals surface area contributed by atoms with E-state index in [0.717, 1.165) is 31.0 Å². The highest BCUT2D eigenvalue weighted by Crippen LogP contribution is 2.35. The number of para-hydroxylation sites is 1. The van der Waals surface area contributed by atoms with Gasteiger partial charge in [-0.2, -0.15) is 5.10 Å². The minimum atomic E-state index is -0.916. The van der Waals surface area contributed by atoms with Crippen LogP contribution in [0.1, 0.15) is 20.8 Å². The van der Waals surface area contributed by atoms with Crippen molar-refractivity contribution in [3.8, 4) is 22.7 Å². The number of carbonyl (C=O) groups excluding carboxylic acids is 2. The third-order valence-electron chi connectivity index (χ3n) is 3.95. The number of aromatic hydroxyl groups is 1.